The van der Waals surface area contributed by atoms with Gasteiger partial charge in [0.1, 0.15) is 0 Å². The van der Waals surface area contributed by atoms with Gasteiger partial charge in [0.25, 0.3) is 0 Å². The summed E-state index contributed by atoms with van der Waals surface area (Å²) in [6, 6.07) is -0.0108. The van der Waals surface area contributed by atoms with Crippen LogP contribution in [0, 0.1) is 0 Å². The predicted octanol–water partition coefficient (Wildman–Crippen LogP) is -0.589. The number of hydrogen-bond acceptors (Lipinski definition) is 4. The monoisotopic (exact) mass is 148 g/mol. The first-order valence-corrected chi connectivity index (χ1v) is 3.83. The van der Waals surface area contributed by atoms with Crippen LogP contribution in [-0.2, 0) is 10.5 Å². The van der Waals surface area contributed by atoms with Gasteiger partial charge in [0.2, 0.25) is 0 Å². The van der Waals surface area contributed by atoms with E-state index in [0.717, 1.165) is 13.0 Å². The summed E-state index contributed by atoms with van der Waals surface area (Å²) in [5, 5.41) is 3.01. The van der Waals surface area contributed by atoms with Gasteiger partial charge in [0.05, 0.1) is 6.04 Å². The lowest BCUT2D eigenvalue weighted by atomic mass is 10.3. The zero-order chi connectivity index (χ0) is 6.69. The molecule has 1 fully saturated rings. The molecule has 1 heterocycles. The van der Waals surface area contributed by atoms with Gasteiger partial charge in [-0.25, -0.2) is 0 Å². The molecule has 0 amide bonds. The van der Waals surface area contributed by atoms with E-state index in [1.54, 1.807) is 0 Å². The molecule has 9 heavy (non-hydrogen) atoms. The molecule has 1 aliphatic heterocycles. The lowest BCUT2D eigenvalue weighted by Crippen LogP contribution is -2.10. The molecule has 1 atom stereocenters. The van der Waals surface area contributed by atoms with Gasteiger partial charge in [-0.1, -0.05) is 0 Å². The Morgan fingerprint density at radius 3 is 2.78 bits per heavy atom. The summed E-state index contributed by atoms with van der Waals surface area (Å²) >= 11 is 0. The molecule has 1 saturated heterocycles. The number of nitrogens with one attached hydrogen (secondary N) is 1. The molecule has 4 nitrogen and oxygen atoms in total. The lowest BCUT2D eigenvalue weighted by molar-refractivity contribution is 0.613. The van der Waals surface area contributed by atoms with Crippen LogP contribution in [0.1, 0.15) is 6.42 Å². The normalized spacial score (nSPS) is 26.0. The summed E-state index contributed by atoms with van der Waals surface area (Å²) in [7, 11) is -2.22. The third kappa shape index (κ3) is 2.11. The van der Waals surface area contributed by atoms with Crippen molar-refractivity contribution in [3.05, 3.63) is 0 Å². The van der Waals surface area contributed by atoms with Crippen LogP contribution >= 0.6 is 0 Å². The van der Waals surface area contributed by atoms with Gasteiger partial charge < -0.3 is 5.32 Å². The highest BCUT2D eigenvalue weighted by Crippen LogP contribution is 2.00. The fourth-order valence-corrected chi connectivity index (χ4v) is 1.27. The van der Waals surface area contributed by atoms with Gasteiger partial charge in [-0.2, -0.15) is 12.8 Å². The van der Waals surface area contributed by atoms with Gasteiger partial charge in [0, 0.05) is 6.54 Å². The molecule has 5 heteroatoms. The Balaban J connectivity index is 2.54. The van der Waals surface area contributed by atoms with Gasteiger partial charge >= 0.3 is 10.5 Å². The van der Waals surface area contributed by atoms with Gasteiger partial charge in [-0.05, 0) is 13.0 Å². The van der Waals surface area contributed by atoms with E-state index in [2.05, 4.69) is 9.68 Å². The molecule has 0 saturated carbocycles. The predicted molar refractivity (Wildman–Crippen MR) is 32.6 cm³/mol. The summed E-state index contributed by atoms with van der Waals surface area (Å²) in [6.45, 7) is 1.58. The molecule has 0 aromatic heterocycles. The molecule has 0 spiro atoms. The van der Waals surface area contributed by atoms with Crippen LogP contribution in [0.25, 0.3) is 0 Å². The van der Waals surface area contributed by atoms with Crippen molar-refractivity contribution in [2.45, 2.75) is 12.5 Å². The van der Waals surface area contributed by atoms with E-state index in [1.807, 2.05) is 0 Å². The zero-order valence-electron chi connectivity index (χ0n) is 4.87. The van der Waals surface area contributed by atoms with Crippen LogP contribution in [0.2, 0.25) is 0 Å². The second-order valence-corrected chi connectivity index (χ2v) is 2.61. The van der Waals surface area contributed by atoms with Crippen LogP contribution in [0.5, 0.6) is 0 Å². The van der Waals surface area contributed by atoms with Crippen molar-refractivity contribution in [2.75, 3.05) is 13.1 Å². The number of rotatable bonds is 1. The first-order valence-electron chi connectivity index (χ1n) is 2.80. The van der Waals surface area contributed by atoms with Crippen LogP contribution in [0.15, 0.2) is 4.36 Å². The second kappa shape index (κ2) is 2.93. The minimum atomic E-state index is -2.22. The number of nitrogens with zero attached hydrogens (tertiary/aromatic N) is 1. The summed E-state index contributed by atoms with van der Waals surface area (Å²) < 4.78 is 23.4. The first kappa shape index (κ1) is 6.70. The Morgan fingerprint density at radius 1 is 1.56 bits per heavy atom. The summed E-state index contributed by atoms with van der Waals surface area (Å²) in [6.07, 6.45) is 0.841. The van der Waals surface area contributed by atoms with Crippen molar-refractivity contribution in [2.24, 2.45) is 4.36 Å². The Hall–Kier alpha value is -0.420. The quantitative estimate of drug-likeness (QED) is 0.540. The maximum absolute atomic E-state index is 9.96. The first-order chi connectivity index (χ1) is 4.29. The molecule has 0 aromatic rings. The topological polar surface area (TPSA) is 58.5 Å². The average Bonchev–Trinajstić information content (AvgIpc) is 2.15. The molecular weight excluding hydrogens is 140 g/mol. The van der Waals surface area contributed by atoms with Crippen molar-refractivity contribution >= 4 is 10.5 Å². The highest BCUT2D eigenvalue weighted by atomic mass is 32.2. The molecule has 0 bridgehead atoms. The zero-order valence-corrected chi connectivity index (χ0v) is 5.69. The molecular formula is C4H8N2O2S. The molecule has 52 valence electrons. The fraction of sp³-hybridized carbons (Fsp3) is 1.00. The van der Waals surface area contributed by atoms with Gasteiger partial charge in [-0.15, -0.1) is 0 Å². The fourth-order valence-electron chi connectivity index (χ4n) is 0.851. The highest BCUT2D eigenvalue weighted by molar-refractivity contribution is 7.61. The van der Waals surface area contributed by atoms with E-state index in [9.17, 15) is 8.42 Å². The molecule has 1 N–H and O–H groups in total. The smallest absolute Gasteiger partial charge is 0.311 e. The van der Waals surface area contributed by atoms with Gasteiger partial charge in [-0.3, -0.25) is 0 Å². The SMILES string of the molecule is O=S(=O)=NC1CCNC1. The van der Waals surface area contributed by atoms with Crippen LogP contribution in [-0.4, -0.2) is 27.5 Å². The summed E-state index contributed by atoms with van der Waals surface area (Å²) in [4.78, 5) is 0. The minimum Gasteiger partial charge on any atom is -0.314 e. The van der Waals surface area contributed by atoms with Crippen molar-refractivity contribution in [3.8, 4) is 0 Å². The summed E-state index contributed by atoms with van der Waals surface area (Å²) in [5.74, 6) is 0. The van der Waals surface area contributed by atoms with E-state index >= 15 is 0 Å². The lowest BCUT2D eigenvalue weighted by Gasteiger charge is -1.91. The third-order valence-corrected chi connectivity index (χ3v) is 1.74. The van der Waals surface area contributed by atoms with E-state index in [4.69, 9.17) is 0 Å². The van der Waals surface area contributed by atoms with Crippen molar-refractivity contribution < 1.29 is 8.42 Å². The average molecular weight is 148 g/mol. The molecule has 1 rings (SSSR count). The van der Waals surface area contributed by atoms with Gasteiger partial charge in [0.15, 0.2) is 0 Å². The van der Waals surface area contributed by atoms with Crippen molar-refractivity contribution in [1.29, 1.82) is 0 Å². The Bertz CT molecular complexity index is 195. The molecule has 1 unspecified atom stereocenters. The Labute approximate surface area is 55.0 Å². The van der Waals surface area contributed by atoms with Crippen molar-refractivity contribution in [3.63, 3.8) is 0 Å². The summed E-state index contributed by atoms with van der Waals surface area (Å²) in [5.41, 5.74) is 0. The number of hydrogen-bond donors (Lipinski definition) is 1. The van der Waals surface area contributed by atoms with Crippen molar-refractivity contribution in [1.82, 2.24) is 5.32 Å². The molecule has 1 aliphatic rings. The molecule has 0 aliphatic carbocycles. The molecule has 0 aromatic carbocycles. The largest absolute Gasteiger partial charge is 0.314 e. The van der Waals surface area contributed by atoms with Crippen LogP contribution in [0.3, 0.4) is 0 Å². The van der Waals surface area contributed by atoms with E-state index in [0.29, 0.717) is 6.54 Å². The highest BCUT2D eigenvalue weighted by Gasteiger charge is 2.12. The van der Waals surface area contributed by atoms with Crippen LogP contribution in [0.4, 0.5) is 0 Å². The Kier molecular flexibility index (Phi) is 2.18. The van der Waals surface area contributed by atoms with E-state index in [-0.39, 0.29) is 6.04 Å². The second-order valence-electron chi connectivity index (χ2n) is 1.97. The van der Waals surface area contributed by atoms with E-state index < -0.39 is 10.5 Å². The maximum atomic E-state index is 9.96. The van der Waals surface area contributed by atoms with E-state index in [1.165, 1.54) is 0 Å². The Morgan fingerprint density at radius 2 is 2.33 bits per heavy atom. The molecule has 0 radical (unpaired) electrons. The standard InChI is InChI=1S/C4H8N2O2S/c7-9(8)6-4-1-2-5-3-4/h4-5H,1-3H2. The van der Waals surface area contributed by atoms with Crippen LogP contribution < -0.4 is 5.32 Å². The third-order valence-electron chi connectivity index (χ3n) is 1.27. The minimum absolute atomic E-state index is 0.0108. The maximum Gasteiger partial charge on any atom is 0.311 e.